The number of nitrogens with two attached hydrogens (primary N) is 1. The average molecular weight is 907 g/mol. The van der Waals surface area contributed by atoms with Crippen molar-refractivity contribution in [1.29, 1.82) is 0 Å². The number of aromatic nitrogens is 5. The number of rotatable bonds is 10. The van der Waals surface area contributed by atoms with Gasteiger partial charge in [-0.2, -0.15) is 0 Å². The van der Waals surface area contributed by atoms with E-state index in [1.54, 1.807) is 53.8 Å². The first-order valence-electron chi connectivity index (χ1n) is 22.2. The van der Waals surface area contributed by atoms with Gasteiger partial charge in [-0.15, -0.1) is 12.4 Å². The zero-order valence-corrected chi connectivity index (χ0v) is 38.8. The highest BCUT2D eigenvalue weighted by atomic mass is 35.5. The number of Topliss-reactive ketones (excluding diaryl/α,β-unsaturated/α-hetero) is 1. The zero-order valence-electron chi connectivity index (χ0n) is 38.0. The fourth-order valence-corrected chi connectivity index (χ4v) is 9.44. The fourth-order valence-electron chi connectivity index (χ4n) is 9.44. The molecule has 3 aromatic heterocycles. The standard InChI is InChI=1S/C25H31N5O2.C23H25N5O2.ClH.H3NO/c1-5-20-25(32)29(4)21-15-26-23(27-24(21)30(20)18-13-9-10-14-18)19(16-28(2)3)22(31)17-11-7-6-8-12-17;1-3-18-23(29)27(2)19-14-24-21(26-22(19)28(18)16-11-7-8-12-16)17-13-25-30-20(17)15-9-5-4-6-10-15;;1-2/h6-8,11-12,15-16,18,20H,5,9-10,13-14H2,1-4H3;4-6,9-10,13-14,16,18H,3,7-8,11-12H2,1-2H3;1H;2H,1H2/b19-16+;;;/t20-;18-;;/m11../s1. The van der Waals surface area contributed by atoms with Gasteiger partial charge in [0, 0.05) is 57.6 Å². The van der Waals surface area contributed by atoms with Gasteiger partial charge in [0.05, 0.1) is 29.7 Å². The van der Waals surface area contributed by atoms with E-state index in [9.17, 15) is 14.4 Å². The second-order valence-electron chi connectivity index (χ2n) is 16.8. The van der Waals surface area contributed by atoms with Crippen molar-refractivity contribution in [2.24, 2.45) is 5.90 Å². The summed E-state index contributed by atoms with van der Waals surface area (Å²) in [6, 6.07) is 19.2. The van der Waals surface area contributed by atoms with Crippen LogP contribution in [0, 0.1) is 0 Å². The lowest BCUT2D eigenvalue weighted by Gasteiger charge is -2.43. The van der Waals surface area contributed by atoms with E-state index in [1.165, 1.54) is 12.8 Å². The van der Waals surface area contributed by atoms with E-state index < -0.39 is 0 Å². The number of carbonyl (C=O) groups excluding carboxylic acids is 3. The van der Waals surface area contributed by atoms with Gasteiger partial charge in [-0.3, -0.25) is 14.4 Å². The maximum absolute atomic E-state index is 13.4. The normalized spacial score (nSPS) is 18.6. The van der Waals surface area contributed by atoms with Crippen molar-refractivity contribution in [2.45, 2.75) is 102 Å². The van der Waals surface area contributed by atoms with Gasteiger partial charge in [-0.05, 0) is 38.5 Å². The molecule has 9 rings (SSSR count). The van der Waals surface area contributed by atoms with Gasteiger partial charge in [0.2, 0.25) is 11.8 Å². The van der Waals surface area contributed by atoms with Crippen LogP contribution in [0.25, 0.3) is 28.3 Å². The lowest BCUT2D eigenvalue weighted by atomic mass is 10.0. The van der Waals surface area contributed by atoms with E-state index in [-0.39, 0.29) is 48.1 Å². The molecule has 3 N–H and O–H groups in total. The molecule has 5 heterocycles. The number of fused-ring (bicyclic) bond motifs is 2. The van der Waals surface area contributed by atoms with Crippen LogP contribution >= 0.6 is 12.4 Å². The molecule has 0 saturated heterocycles. The van der Waals surface area contributed by atoms with E-state index in [4.69, 9.17) is 19.7 Å². The molecule has 2 aliphatic heterocycles. The molecule has 2 atom stereocenters. The summed E-state index contributed by atoms with van der Waals surface area (Å²) in [5, 5.41) is 10.5. The second-order valence-corrected chi connectivity index (χ2v) is 16.8. The predicted molar refractivity (Wildman–Crippen MR) is 255 cm³/mol. The summed E-state index contributed by atoms with van der Waals surface area (Å²) in [5.41, 5.74) is 4.17. The minimum absolute atomic E-state index is 0. The Labute approximate surface area is 386 Å². The third-order valence-corrected chi connectivity index (χ3v) is 12.6. The van der Waals surface area contributed by atoms with Crippen molar-refractivity contribution in [2.75, 3.05) is 47.8 Å². The van der Waals surface area contributed by atoms with Crippen LogP contribution in [0.3, 0.4) is 0 Å². The Hall–Kier alpha value is -6.23. The Bertz CT molecular complexity index is 2440. The minimum Gasteiger partial charge on any atom is -0.383 e. The lowest BCUT2D eigenvalue weighted by molar-refractivity contribution is -0.120. The molecular formula is C48H60ClN11O5. The number of benzene rings is 2. The van der Waals surface area contributed by atoms with Crippen molar-refractivity contribution in [3.05, 3.63) is 96.8 Å². The molecule has 5 aromatic rings. The molecule has 2 fully saturated rings. The number of anilines is 4. The molecular weight excluding hydrogens is 846 g/mol. The Morgan fingerprint density at radius 1 is 0.754 bits per heavy atom. The molecule has 2 aromatic carbocycles. The molecule has 0 unspecified atom stereocenters. The number of ketones is 1. The summed E-state index contributed by atoms with van der Waals surface area (Å²) in [7, 11) is 7.35. The third-order valence-electron chi connectivity index (χ3n) is 12.6. The van der Waals surface area contributed by atoms with Crippen LogP contribution in [0.5, 0.6) is 0 Å². The second kappa shape index (κ2) is 21.6. The van der Waals surface area contributed by atoms with Crippen LogP contribution in [0.2, 0.25) is 0 Å². The van der Waals surface area contributed by atoms with Crippen LogP contribution in [-0.2, 0) is 9.59 Å². The molecule has 2 amide bonds. The molecule has 17 heteroatoms. The first kappa shape index (κ1) is 48.2. The highest BCUT2D eigenvalue weighted by Crippen LogP contribution is 2.42. The summed E-state index contributed by atoms with van der Waals surface area (Å²) < 4.78 is 5.55. The monoisotopic (exact) mass is 905 g/mol. The molecule has 2 aliphatic carbocycles. The van der Waals surface area contributed by atoms with Gasteiger partial charge in [0.15, 0.2) is 34.8 Å². The summed E-state index contributed by atoms with van der Waals surface area (Å²) in [6.45, 7) is 4.11. The maximum Gasteiger partial charge on any atom is 0.249 e. The van der Waals surface area contributed by atoms with E-state index in [1.807, 2.05) is 81.5 Å². The SMILES string of the molecule is CC[C@@H]1C(=O)N(C)c2cnc(-c3cnoc3-c3ccccc3)nc2N1C1CCCC1.CC[C@@H]1C(=O)N(C)c2cnc(/C(=C/N(C)C)C(=O)c3ccccc3)nc2N1C1CCCC1.Cl.NO. The van der Waals surface area contributed by atoms with Crippen LogP contribution in [0.4, 0.5) is 23.0 Å². The summed E-state index contributed by atoms with van der Waals surface area (Å²) in [4.78, 5) is 68.2. The van der Waals surface area contributed by atoms with E-state index in [0.717, 1.165) is 73.4 Å². The topological polar surface area (TPSA) is 191 Å². The number of halogens is 1. The number of carbonyl (C=O) groups is 3. The molecule has 0 spiro atoms. The van der Waals surface area contributed by atoms with Gasteiger partial charge in [0.25, 0.3) is 0 Å². The molecule has 16 nitrogen and oxygen atoms in total. The van der Waals surface area contributed by atoms with Crippen LogP contribution in [0.1, 0.15) is 94.2 Å². The van der Waals surface area contributed by atoms with Crippen LogP contribution < -0.4 is 25.5 Å². The van der Waals surface area contributed by atoms with Crippen LogP contribution in [0.15, 0.2) is 90.0 Å². The maximum atomic E-state index is 13.4. The third kappa shape index (κ3) is 9.75. The van der Waals surface area contributed by atoms with Gasteiger partial charge >= 0.3 is 0 Å². The number of likely N-dealkylation sites (N-methyl/N-ethyl adjacent to an activating group) is 2. The highest BCUT2D eigenvalue weighted by molar-refractivity contribution is 6.28. The van der Waals surface area contributed by atoms with Gasteiger partial charge in [0.1, 0.15) is 23.5 Å². The van der Waals surface area contributed by atoms with E-state index in [0.29, 0.717) is 46.7 Å². The fraction of sp³-hybridized carbons (Fsp3) is 0.417. The lowest BCUT2D eigenvalue weighted by Crippen LogP contribution is -2.55. The van der Waals surface area contributed by atoms with Crippen molar-refractivity contribution in [3.63, 3.8) is 0 Å². The summed E-state index contributed by atoms with van der Waals surface area (Å²) in [6.07, 6.45) is 17.3. The number of hydrogen-bond acceptors (Lipinski definition) is 14. The quantitative estimate of drug-likeness (QED) is 0.0783. The van der Waals surface area contributed by atoms with E-state index in [2.05, 4.69) is 37.7 Å². The molecule has 65 heavy (non-hydrogen) atoms. The Balaban J connectivity index is 0.000000205. The van der Waals surface area contributed by atoms with Crippen molar-refractivity contribution in [3.8, 4) is 22.7 Å². The van der Waals surface area contributed by atoms with Crippen molar-refractivity contribution >= 4 is 58.6 Å². The Morgan fingerprint density at radius 3 is 1.75 bits per heavy atom. The summed E-state index contributed by atoms with van der Waals surface area (Å²) in [5.74, 6) is 6.74. The smallest absolute Gasteiger partial charge is 0.249 e. The molecule has 2 saturated carbocycles. The molecule has 0 bridgehead atoms. The average Bonchev–Trinajstić information content (AvgIpc) is 4.16. The number of hydrogen-bond donors (Lipinski definition) is 2. The van der Waals surface area contributed by atoms with Crippen molar-refractivity contribution in [1.82, 2.24) is 30.0 Å². The minimum atomic E-state index is -0.246. The number of nitrogens with zero attached hydrogens (tertiary/aromatic N) is 10. The zero-order chi connectivity index (χ0) is 45.5. The molecule has 0 radical (unpaired) electrons. The largest absolute Gasteiger partial charge is 0.383 e. The van der Waals surface area contributed by atoms with Gasteiger partial charge < -0.3 is 34.2 Å². The molecule has 344 valence electrons. The van der Waals surface area contributed by atoms with E-state index >= 15 is 0 Å². The first-order chi connectivity index (χ1) is 31.1. The highest BCUT2D eigenvalue weighted by Gasteiger charge is 2.43. The van der Waals surface area contributed by atoms with Crippen LogP contribution in [-0.4, -0.2) is 105 Å². The Kier molecular flexibility index (Phi) is 16.1. The Morgan fingerprint density at radius 2 is 1.25 bits per heavy atom. The molecule has 4 aliphatic rings. The number of allylic oxidation sites excluding steroid dienone is 1. The predicted octanol–water partition coefficient (Wildman–Crippen LogP) is 7.82. The van der Waals surface area contributed by atoms with Gasteiger partial charge in [-0.25, -0.2) is 25.8 Å². The first-order valence-corrected chi connectivity index (χ1v) is 22.2. The summed E-state index contributed by atoms with van der Waals surface area (Å²) >= 11 is 0. The van der Waals surface area contributed by atoms with Crippen molar-refractivity contribution < 1.29 is 24.1 Å². The number of amides is 2. The van der Waals surface area contributed by atoms with Gasteiger partial charge in [-0.1, -0.05) is 105 Å².